The van der Waals surface area contributed by atoms with Crippen LogP contribution in [-0.2, 0) is 11.3 Å². The van der Waals surface area contributed by atoms with Crippen LogP contribution >= 0.6 is 0 Å². The maximum absolute atomic E-state index is 9.77. The lowest BCUT2D eigenvalue weighted by molar-refractivity contribution is 0.180. The molecule has 142 valence electrons. The molecule has 1 aromatic heterocycles. The highest BCUT2D eigenvalue weighted by Crippen LogP contribution is 2.50. The molecule has 9 heteroatoms. The van der Waals surface area contributed by atoms with E-state index in [-0.39, 0.29) is 23.9 Å². The molecular weight excluding hydrogens is 352 g/mol. The highest BCUT2D eigenvalue weighted by molar-refractivity contribution is 5.63. The molecule has 27 heavy (non-hydrogen) atoms. The number of nitriles is 1. The number of hydrogen-bond donors (Lipinski definition) is 2. The molecule has 1 aromatic carbocycles. The highest BCUT2D eigenvalue weighted by atomic mass is 16.5. The van der Waals surface area contributed by atoms with Crippen LogP contribution in [0.15, 0.2) is 23.6 Å². The molecular formula is C18H20N4O5. The molecule has 2 aromatic rings. The van der Waals surface area contributed by atoms with E-state index >= 15 is 0 Å². The van der Waals surface area contributed by atoms with Crippen molar-refractivity contribution in [2.24, 2.45) is 5.73 Å². The van der Waals surface area contributed by atoms with Gasteiger partial charge in [-0.2, -0.15) is 5.26 Å². The van der Waals surface area contributed by atoms with Gasteiger partial charge in [0, 0.05) is 24.8 Å². The summed E-state index contributed by atoms with van der Waals surface area (Å²) in [6.07, 6.45) is 0. The van der Waals surface area contributed by atoms with Crippen LogP contribution in [0.25, 0.3) is 0 Å². The number of methoxy groups -OCH3 is 4. The molecule has 3 rings (SSSR count). The monoisotopic (exact) mass is 372 g/mol. The third kappa shape index (κ3) is 3.00. The van der Waals surface area contributed by atoms with E-state index in [1.807, 2.05) is 0 Å². The molecule has 0 aliphatic carbocycles. The van der Waals surface area contributed by atoms with Crippen LogP contribution in [0.4, 0.5) is 0 Å². The zero-order chi connectivity index (χ0) is 19.6. The Morgan fingerprint density at radius 1 is 1.15 bits per heavy atom. The van der Waals surface area contributed by atoms with E-state index in [9.17, 15) is 5.26 Å². The molecule has 1 aliphatic rings. The van der Waals surface area contributed by atoms with Crippen molar-refractivity contribution in [2.75, 3.05) is 28.4 Å². The van der Waals surface area contributed by atoms with Crippen molar-refractivity contribution >= 4 is 0 Å². The van der Waals surface area contributed by atoms with Gasteiger partial charge < -0.3 is 29.4 Å². The van der Waals surface area contributed by atoms with Gasteiger partial charge in [-0.25, -0.2) is 0 Å². The minimum atomic E-state index is -0.613. The molecule has 1 aliphatic heterocycles. The fraction of sp³-hybridized carbons (Fsp3) is 0.333. The van der Waals surface area contributed by atoms with Gasteiger partial charge in [0.25, 0.3) is 0 Å². The second-order valence-corrected chi connectivity index (χ2v) is 5.72. The van der Waals surface area contributed by atoms with E-state index in [1.54, 1.807) is 26.4 Å². The zero-order valence-corrected chi connectivity index (χ0v) is 15.5. The normalized spacial score (nSPS) is 15.6. The maximum atomic E-state index is 9.77. The first-order valence-electron chi connectivity index (χ1n) is 8.03. The van der Waals surface area contributed by atoms with Crippen LogP contribution in [0.1, 0.15) is 22.7 Å². The Bertz CT molecular complexity index is 903. The minimum Gasteiger partial charge on any atom is -0.496 e. The Labute approximate surface area is 156 Å². The summed E-state index contributed by atoms with van der Waals surface area (Å²) in [5.41, 5.74) is 8.14. The first-order chi connectivity index (χ1) is 13.1. The second kappa shape index (κ2) is 7.47. The number of hydrogen-bond acceptors (Lipinski definition) is 8. The number of nitrogens with one attached hydrogen (secondary N) is 1. The zero-order valence-electron chi connectivity index (χ0n) is 15.5. The summed E-state index contributed by atoms with van der Waals surface area (Å²) in [7, 11) is 6.17. The van der Waals surface area contributed by atoms with Gasteiger partial charge in [0.05, 0.1) is 45.1 Å². The Balaban J connectivity index is 2.33. The van der Waals surface area contributed by atoms with Crippen LogP contribution < -0.4 is 24.7 Å². The molecule has 1 unspecified atom stereocenters. The quantitative estimate of drug-likeness (QED) is 0.786. The number of fused-ring (bicyclic) bond motifs is 1. The van der Waals surface area contributed by atoms with E-state index in [0.717, 1.165) is 0 Å². The van der Waals surface area contributed by atoms with Crippen molar-refractivity contribution in [1.82, 2.24) is 10.2 Å². The summed E-state index contributed by atoms with van der Waals surface area (Å²) in [4.78, 5) is 0. The molecule has 0 amide bonds. The van der Waals surface area contributed by atoms with Crippen LogP contribution in [0, 0.1) is 11.3 Å². The predicted molar refractivity (Wildman–Crippen MR) is 94.7 cm³/mol. The lowest BCUT2D eigenvalue weighted by Crippen LogP contribution is -2.22. The van der Waals surface area contributed by atoms with Gasteiger partial charge in [0.2, 0.25) is 11.8 Å². The summed E-state index contributed by atoms with van der Waals surface area (Å²) in [6.45, 7) is 0.252. The fourth-order valence-corrected chi connectivity index (χ4v) is 3.17. The summed E-state index contributed by atoms with van der Waals surface area (Å²) in [5.74, 6) is 1.16. The number of allylic oxidation sites excluding steroid dienone is 1. The van der Waals surface area contributed by atoms with Gasteiger partial charge in [-0.05, 0) is 0 Å². The number of benzene rings is 1. The van der Waals surface area contributed by atoms with Crippen LogP contribution in [0.5, 0.6) is 23.1 Å². The first kappa shape index (κ1) is 18.4. The SMILES string of the molecule is COCc1[nH]nc2c1C(c1c(OC)cc(OC)cc1OC)C(C#N)=C(N)O2. The Kier molecular flexibility index (Phi) is 5.09. The van der Waals surface area contributed by atoms with E-state index in [2.05, 4.69) is 16.3 Å². The van der Waals surface area contributed by atoms with E-state index < -0.39 is 5.92 Å². The van der Waals surface area contributed by atoms with Crippen molar-refractivity contribution in [2.45, 2.75) is 12.5 Å². The first-order valence-corrected chi connectivity index (χ1v) is 8.03. The Morgan fingerprint density at radius 3 is 2.33 bits per heavy atom. The summed E-state index contributed by atoms with van der Waals surface area (Å²) < 4.78 is 27.2. The standard InChI is InChI=1S/C18H20N4O5/c1-23-8-11-15-14(10(7-19)17(20)27-18(15)22-21-11)16-12(25-3)5-9(24-2)6-13(16)26-4/h5-6,14H,8,20H2,1-4H3,(H,21,22). The largest absolute Gasteiger partial charge is 0.496 e. The van der Waals surface area contributed by atoms with Crippen molar-refractivity contribution < 1.29 is 23.7 Å². The van der Waals surface area contributed by atoms with Crippen molar-refractivity contribution in [3.63, 3.8) is 0 Å². The molecule has 0 bridgehead atoms. The third-order valence-corrected chi connectivity index (χ3v) is 4.35. The molecule has 2 heterocycles. The van der Waals surface area contributed by atoms with Crippen LogP contribution in [0.2, 0.25) is 0 Å². The average Bonchev–Trinajstić information content (AvgIpc) is 3.08. The lowest BCUT2D eigenvalue weighted by Gasteiger charge is -2.27. The maximum Gasteiger partial charge on any atom is 0.244 e. The number of H-pyrrole nitrogens is 1. The van der Waals surface area contributed by atoms with Crippen LogP contribution in [0.3, 0.4) is 0 Å². The number of ether oxygens (including phenoxy) is 5. The van der Waals surface area contributed by atoms with Gasteiger partial charge in [-0.1, -0.05) is 0 Å². The summed E-state index contributed by atoms with van der Waals surface area (Å²) in [6, 6.07) is 5.57. The Hall–Kier alpha value is -3.38. The fourth-order valence-electron chi connectivity index (χ4n) is 3.17. The number of rotatable bonds is 6. The number of nitrogens with zero attached hydrogens (tertiary/aromatic N) is 2. The average molecular weight is 372 g/mol. The molecule has 0 spiro atoms. The molecule has 3 N–H and O–H groups in total. The van der Waals surface area contributed by atoms with Gasteiger partial charge in [0.15, 0.2) is 0 Å². The van der Waals surface area contributed by atoms with E-state index in [4.69, 9.17) is 29.4 Å². The molecule has 0 fully saturated rings. The lowest BCUT2D eigenvalue weighted by atomic mass is 9.83. The smallest absolute Gasteiger partial charge is 0.244 e. The van der Waals surface area contributed by atoms with Crippen LogP contribution in [-0.4, -0.2) is 38.6 Å². The minimum absolute atomic E-state index is 0.0228. The highest BCUT2D eigenvalue weighted by Gasteiger charge is 2.38. The Morgan fingerprint density at radius 2 is 1.81 bits per heavy atom. The molecule has 0 saturated carbocycles. The number of aromatic nitrogens is 2. The predicted octanol–water partition coefficient (Wildman–Crippen LogP) is 1.80. The van der Waals surface area contributed by atoms with Gasteiger partial charge in [-0.15, -0.1) is 5.10 Å². The molecule has 1 atom stereocenters. The van der Waals surface area contributed by atoms with Gasteiger partial charge in [0.1, 0.15) is 28.9 Å². The number of aromatic amines is 1. The topological polar surface area (TPSA) is 125 Å². The molecule has 9 nitrogen and oxygen atoms in total. The molecule has 0 radical (unpaired) electrons. The van der Waals surface area contributed by atoms with Gasteiger partial charge >= 0.3 is 0 Å². The van der Waals surface area contributed by atoms with E-state index in [0.29, 0.717) is 34.1 Å². The van der Waals surface area contributed by atoms with Crippen molar-refractivity contribution in [3.05, 3.63) is 40.4 Å². The van der Waals surface area contributed by atoms with E-state index in [1.165, 1.54) is 14.2 Å². The summed E-state index contributed by atoms with van der Waals surface area (Å²) in [5, 5.41) is 16.8. The second-order valence-electron chi connectivity index (χ2n) is 5.72. The third-order valence-electron chi connectivity index (χ3n) is 4.35. The number of nitrogens with two attached hydrogens (primary N) is 1. The summed E-state index contributed by atoms with van der Waals surface area (Å²) >= 11 is 0. The van der Waals surface area contributed by atoms with Crippen molar-refractivity contribution in [3.8, 4) is 29.2 Å². The van der Waals surface area contributed by atoms with Crippen molar-refractivity contribution in [1.29, 1.82) is 5.26 Å². The van der Waals surface area contributed by atoms with Gasteiger partial charge in [-0.3, -0.25) is 5.10 Å². The molecule has 0 saturated heterocycles.